The molecular formula is C52H58N8O12S2. The third kappa shape index (κ3) is 11.8. The number of aryl methyl sites for hydroxylation is 2. The molecule has 1 saturated carbocycles. The Balaban J connectivity index is 0.000000197. The van der Waals surface area contributed by atoms with Gasteiger partial charge < -0.3 is 19.3 Å². The van der Waals surface area contributed by atoms with Crippen LogP contribution < -0.4 is 29.9 Å². The molecule has 6 aromatic rings. The van der Waals surface area contributed by atoms with Crippen LogP contribution in [0, 0.1) is 25.7 Å². The molecule has 4 heterocycles. The van der Waals surface area contributed by atoms with E-state index in [0.29, 0.717) is 30.3 Å². The van der Waals surface area contributed by atoms with Crippen LogP contribution in [0.2, 0.25) is 0 Å². The molecule has 0 bridgehead atoms. The fourth-order valence-corrected chi connectivity index (χ4v) is 11.6. The molecule has 6 N–H and O–H groups in total. The van der Waals surface area contributed by atoms with E-state index in [1.807, 2.05) is 81.4 Å². The van der Waals surface area contributed by atoms with Gasteiger partial charge in [0.15, 0.2) is 0 Å². The highest BCUT2D eigenvalue weighted by atomic mass is 32.2. The van der Waals surface area contributed by atoms with Crippen LogP contribution >= 0.6 is 0 Å². The van der Waals surface area contributed by atoms with Gasteiger partial charge in [-0.25, -0.2) is 27.8 Å². The third-order valence-electron chi connectivity index (χ3n) is 13.4. The van der Waals surface area contributed by atoms with Crippen LogP contribution in [0.3, 0.4) is 0 Å². The first kappa shape index (κ1) is 53.2. The van der Waals surface area contributed by atoms with Crippen molar-refractivity contribution in [2.75, 3.05) is 26.2 Å². The van der Waals surface area contributed by atoms with Gasteiger partial charge in [-0.3, -0.25) is 39.6 Å². The lowest BCUT2D eigenvalue weighted by Crippen LogP contribution is -2.77. The van der Waals surface area contributed by atoms with E-state index < -0.39 is 42.9 Å². The Bertz CT molecular complexity index is 3310. The standard InChI is InChI=1S/C26H28N4O6S.C26H30N4O6S/c1-17-12-19(22-4-2-3-5-23(22)27-17)14-36-20-8-10-21(11-9-20)37(34,35)29-26(25(32)28-33)15-30(16-26)24(31)13-18-6-7-18;1-4-17(2)24(31)30-15-26(16-30,25(32)28-33)29-37(34,35)21-11-9-20(10-12-21)36-14-19-13-18(3)27-23-8-6-5-7-22(19)23/h2-5,8-12,18,29,33H,6-7,13-16H2,1H3,(H,28,32);5-13,17,29,33H,4,14-16H2,1-3H3,(H,28,32)/t;17-/m.0/s1. The van der Waals surface area contributed by atoms with Crippen LogP contribution in [-0.4, -0.2) is 108 Å². The number of carbonyl (C=O) groups is 4. The highest BCUT2D eigenvalue weighted by molar-refractivity contribution is 7.89. The maximum absolute atomic E-state index is 13.1. The van der Waals surface area contributed by atoms with E-state index in [2.05, 4.69) is 19.4 Å². The molecule has 4 aromatic carbocycles. The Hall–Kier alpha value is -7.08. The van der Waals surface area contributed by atoms with Gasteiger partial charge in [-0.1, -0.05) is 50.2 Å². The molecule has 2 aromatic heterocycles. The van der Waals surface area contributed by atoms with Crippen LogP contribution in [0.1, 0.15) is 62.0 Å². The Morgan fingerprint density at radius 3 is 1.45 bits per heavy atom. The van der Waals surface area contributed by atoms with Gasteiger partial charge in [0, 0.05) is 45.6 Å². The van der Waals surface area contributed by atoms with E-state index in [0.717, 1.165) is 57.2 Å². The smallest absolute Gasteiger partial charge is 0.268 e. The van der Waals surface area contributed by atoms with Crippen molar-refractivity contribution in [3.05, 3.63) is 132 Å². The normalized spacial score (nSPS) is 16.2. The molecule has 20 nitrogen and oxygen atoms in total. The molecule has 2 saturated heterocycles. The quantitative estimate of drug-likeness (QED) is 0.0498. The number of sulfonamides is 2. The fourth-order valence-electron chi connectivity index (χ4n) is 8.86. The van der Waals surface area contributed by atoms with Crippen molar-refractivity contribution < 1.29 is 55.9 Å². The number of para-hydroxylation sites is 2. The monoisotopic (exact) mass is 1050 g/mol. The van der Waals surface area contributed by atoms with Crippen LogP contribution in [0.5, 0.6) is 11.5 Å². The molecule has 0 spiro atoms. The Morgan fingerprint density at radius 2 is 1.05 bits per heavy atom. The summed E-state index contributed by atoms with van der Waals surface area (Å²) in [4.78, 5) is 61.2. The summed E-state index contributed by atoms with van der Waals surface area (Å²) in [6.45, 7) is 7.35. The number of nitrogens with one attached hydrogen (secondary N) is 4. The van der Waals surface area contributed by atoms with E-state index in [-0.39, 0.29) is 66.9 Å². The van der Waals surface area contributed by atoms with E-state index >= 15 is 0 Å². The summed E-state index contributed by atoms with van der Waals surface area (Å²) in [5.74, 6) is -1.09. The van der Waals surface area contributed by atoms with Gasteiger partial charge in [0.05, 0.1) is 47.0 Å². The van der Waals surface area contributed by atoms with Crippen molar-refractivity contribution in [3.63, 3.8) is 0 Å². The Labute approximate surface area is 428 Å². The number of benzene rings is 4. The molecule has 0 unspecified atom stereocenters. The predicted octanol–water partition coefficient (Wildman–Crippen LogP) is 4.82. The molecule has 3 aliphatic rings. The number of likely N-dealkylation sites (tertiary alicyclic amines) is 2. The van der Waals surface area contributed by atoms with Crippen molar-refractivity contribution in [1.29, 1.82) is 0 Å². The first-order valence-electron chi connectivity index (χ1n) is 24.0. The molecule has 390 valence electrons. The number of ether oxygens (including phenoxy) is 2. The summed E-state index contributed by atoms with van der Waals surface area (Å²) in [5.41, 5.74) is 5.14. The lowest BCUT2D eigenvalue weighted by molar-refractivity contribution is -0.153. The predicted molar refractivity (Wildman–Crippen MR) is 270 cm³/mol. The molecule has 74 heavy (non-hydrogen) atoms. The SMILES string of the molecule is CC[C@H](C)C(=O)N1CC(NS(=O)(=O)c2ccc(OCc3cc(C)nc4ccccc34)cc2)(C(=O)NO)C1.Cc1cc(COc2ccc(S(=O)(=O)NC3(C(=O)NO)CN(C(=O)CC4CC4)C3)cc2)c2ccccc2n1. The second-order valence-corrected chi connectivity index (χ2v) is 22.4. The second-order valence-electron chi connectivity index (χ2n) is 19.1. The van der Waals surface area contributed by atoms with Crippen molar-refractivity contribution in [1.82, 2.24) is 40.2 Å². The average Bonchev–Trinajstić information content (AvgIpc) is 4.20. The number of hydroxylamine groups is 2. The third-order valence-corrected chi connectivity index (χ3v) is 16.5. The van der Waals surface area contributed by atoms with Gasteiger partial charge in [0.25, 0.3) is 11.8 Å². The molecule has 9 rings (SSSR count). The van der Waals surface area contributed by atoms with E-state index in [1.54, 1.807) is 6.92 Å². The summed E-state index contributed by atoms with van der Waals surface area (Å²) < 4.78 is 68.9. The van der Waals surface area contributed by atoms with Crippen molar-refractivity contribution in [2.24, 2.45) is 11.8 Å². The molecule has 1 aliphatic carbocycles. The van der Waals surface area contributed by atoms with Gasteiger partial charge >= 0.3 is 0 Å². The number of rotatable bonds is 18. The molecule has 3 fully saturated rings. The number of hydrogen-bond donors (Lipinski definition) is 6. The molecule has 1 atom stereocenters. The van der Waals surface area contributed by atoms with Gasteiger partial charge in [0.2, 0.25) is 31.9 Å². The summed E-state index contributed by atoms with van der Waals surface area (Å²) >= 11 is 0. The van der Waals surface area contributed by atoms with Crippen LogP contribution in [0.4, 0.5) is 0 Å². The first-order chi connectivity index (χ1) is 35.3. The largest absolute Gasteiger partial charge is 0.489 e. The zero-order chi connectivity index (χ0) is 53.0. The number of pyridine rings is 2. The van der Waals surface area contributed by atoms with Gasteiger partial charge in [0.1, 0.15) is 35.8 Å². The second kappa shape index (κ2) is 21.8. The van der Waals surface area contributed by atoms with Crippen LogP contribution in [-0.2, 0) is 52.4 Å². The lowest BCUT2D eigenvalue weighted by Gasteiger charge is -2.48. The van der Waals surface area contributed by atoms with Crippen LogP contribution in [0.15, 0.2) is 119 Å². The summed E-state index contributed by atoms with van der Waals surface area (Å²) in [6.07, 6.45) is 3.02. The zero-order valence-electron chi connectivity index (χ0n) is 41.2. The summed E-state index contributed by atoms with van der Waals surface area (Å²) in [6, 6.07) is 31.1. The lowest BCUT2D eigenvalue weighted by atomic mass is 9.88. The summed E-state index contributed by atoms with van der Waals surface area (Å²) in [5, 5.41) is 20.4. The number of nitrogens with zero attached hydrogens (tertiary/aromatic N) is 4. The minimum Gasteiger partial charge on any atom is -0.489 e. The molecule has 4 amide bonds. The number of fused-ring (bicyclic) bond motifs is 2. The van der Waals surface area contributed by atoms with E-state index in [1.165, 1.54) is 69.3 Å². The molecule has 2 aliphatic heterocycles. The number of amides is 4. The highest BCUT2D eigenvalue weighted by Gasteiger charge is 2.55. The highest BCUT2D eigenvalue weighted by Crippen LogP contribution is 2.35. The summed E-state index contributed by atoms with van der Waals surface area (Å²) in [7, 11) is -8.29. The maximum Gasteiger partial charge on any atom is 0.268 e. The van der Waals surface area contributed by atoms with E-state index in [9.17, 15) is 46.4 Å². The Kier molecular flexibility index (Phi) is 15.7. The topological polar surface area (TPSA) is 276 Å². The minimum absolute atomic E-state index is 0.0714. The molecular weight excluding hydrogens is 993 g/mol. The zero-order valence-corrected chi connectivity index (χ0v) is 42.8. The van der Waals surface area contributed by atoms with Crippen LogP contribution in [0.25, 0.3) is 21.8 Å². The Morgan fingerprint density at radius 1 is 0.649 bits per heavy atom. The number of hydrogen-bond acceptors (Lipinski definition) is 14. The van der Waals surface area contributed by atoms with Gasteiger partial charge in [-0.2, -0.15) is 9.44 Å². The molecule has 0 radical (unpaired) electrons. The van der Waals surface area contributed by atoms with E-state index in [4.69, 9.17) is 9.47 Å². The van der Waals surface area contributed by atoms with Crippen molar-refractivity contribution >= 4 is 65.5 Å². The minimum atomic E-state index is -4.15. The van der Waals surface area contributed by atoms with Gasteiger partial charge in [-0.15, -0.1) is 0 Å². The average molecular weight is 1050 g/mol. The first-order valence-corrected chi connectivity index (χ1v) is 26.9. The van der Waals surface area contributed by atoms with Crippen molar-refractivity contribution in [2.45, 2.75) is 87.5 Å². The fraction of sp³-hybridized carbons (Fsp3) is 0.346. The van der Waals surface area contributed by atoms with Crippen molar-refractivity contribution in [3.8, 4) is 11.5 Å². The maximum atomic E-state index is 13.1. The van der Waals surface area contributed by atoms with Gasteiger partial charge in [-0.05, 0) is 112 Å². The number of carbonyl (C=O) groups excluding carboxylic acids is 4. The number of aromatic nitrogens is 2. The molecule has 22 heteroatoms.